The van der Waals surface area contributed by atoms with E-state index in [1.165, 1.54) is 0 Å². The Morgan fingerprint density at radius 1 is 1.30 bits per heavy atom. The lowest BCUT2D eigenvalue weighted by Crippen LogP contribution is -2.30. The minimum atomic E-state index is 0.168. The standard InChI is InChI=1S/C14H17BrCl2N2S/c1-14(2,3)11-4-5-20-13(18-11)19-12-9(16)6-8(15)7-10(12)17/h6-7,11H,4-5H2,1-3H3,(H,18,19). The molecule has 2 nitrogen and oxygen atoms in total. The maximum atomic E-state index is 6.24. The fourth-order valence-corrected chi connectivity index (χ4v) is 4.19. The number of halogens is 3. The molecule has 0 aromatic heterocycles. The summed E-state index contributed by atoms with van der Waals surface area (Å²) in [4.78, 5) is 4.79. The first kappa shape index (κ1) is 16.5. The second kappa shape index (κ2) is 6.47. The van der Waals surface area contributed by atoms with Gasteiger partial charge in [-0.3, -0.25) is 4.99 Å². The summed E-state index contributed by atoms with van der Waals surface area (Å²) >= 11 is 17.6. The van der Waals surface area contributed by atoms with E-state index >= 15 is 0 Å². The molecule has 1 aromatic carbocycles. The summed E-state index contributed by atoms with van der Waals surface area (Å²) in [5, 5.41) is 5.34. The minimum absolute atomic E-state index is 0.168. The molecule has 0 aliphatic carbocycles. The molecule has 2 rings (SSSR count). The average molecular weight is 396 g/mol. The van der Waals surface area contributed by atoms with Crippen LogP contribution >= 0.6 is 50.9 Å². The first-order valence-corrected chi connectivity index (χ1v) is 8.93. The van der Waals surface area contributed by atoms with Crippen molar-refractivity contribution in [2.45, 2.75) is 33.2 Å². The smallest absolute Gasteiger partial charge is 0.161 e. The van der Waals surface area contributed by atoms with Gasteiger partial charge in [0.15, 0.2) is 5.17 Å². The fraction of sp³-hybridized carbons (Fsp3) is 0.500. The molecule has 0 saturated heterocycles. The molecule has 0 bridgehead atoms. The number of thioether (sulfide) groups is 1. The molecule has 0 fully saturated rings. The van der Waals surface area contributed by atoms with Crippen LogP contribution in [0.5, 0.6) is 0 Å². The van der Waals surface area contributed by atoms with Crippen molar-refractivity contribution in [2.24, 2.45) is 10.4 Å². The van der Waals surface area contributed by atoms with Crippen LogP contribution in [0.2, 0.25) is 10.0 Å². The molecule has 1 unspecified atom stereocenters. The Bertz CT molecular complexity index is 517. The van der Waals surface area contributed by atoms with Crippen LogP contribution in [0, 0.1) is 5.41 Å². The van der Waals surface area contributed by atoms with Crippen molar-refractivity contribution in [1.29, 1.82) is 0 Å². The maximum absolute atomic E-state index is 6.24. The number of benzene rings is 1. The van der Waals surface area contributed by atoms with Gasteiger partial charge in [0.2, 0.25) is 0 Å². The number of anilines is 1. The monoisotopic (exact) mass is 394 g/mol. The summed E-state index contributed by atoms with van der Waals surface area (Å²) in [6.45, 7) is 6.65. The average Bonchev–Trinajstić information content (AvgIpc) is 2.33. The van der Waals surface area contributed by atoms with Crippen LogP contribution < -0.4 is 5.32 Å². The van der Waals surface area contributed by atoms with Gasteiger partial charge in [0.25, 0.3) is 0 Å². The summed E-state index contributed by atoms with van der Waals surface area (Å²) in [6.07, 6.45) is 1.10. The van der Waals surface area contributed by atoms with Crippen molar-refractivity contribution in [3.8, 4) is 0 Å². The van der Waals surface area contributed by atoms with E-state index in [2.05, 4.69) is 42.0 Å². The third kappa shape index (κ3) is 4.06. The first-order chi connectivity index (χ1) is 9.27. The molecule has 0 saturated carbocycles. The summed E-state index contributed by atoms with van der Waals surface area (Å²) < 4.78 is 0.865. The number of amidine groups is 1. The number of hydrogen-bond acceptors (Lipinski definition) is 3. The van der Waals surface area contributed by atoms with Gasteiger partial charge in [0.1, 0.15) is 0 Å². The Labute approximate surface area is 142 Å². The van der Waals surface area contributed by atoms with E-state index in [1.54, 1.807) is 11.8 Å². The van der Waals surface area contributed by atoms with Crippen LogP contribution in [-0.2, 0) is 0 Å². The molecule has 1 aliphatic heterocycles. The molecule has 1 heterocycles. The molecular weight excluding hydrogens is 379 g/mol. The van der Waals surface area contributed by atoms with Crippen molar-refractivity contribution >= 4 is 61.7 Å². The molecule has 0 amide bonds. The van der Waals surface area contributed by atoms with Crippen LogP contribution in [0.15, 0.2) is 21.6 Å². The molecule has 6 heteroatoms. The molecule has 1 atom stereocenters. The lowest BCUT2D eigenvalue weighted by molar-refractivity contribution is 0.316. The van der Waals surface area contributed by atoms with Gasteiger partial charge in [0.05, 0.1) is 21.8 Å². The number of nitrogens with one attached hydrogen (secondary N) is 1. The fourth-order valence-electron chi connectivity index (χ4n) is 1.97. The first-order valence-electron chi connectivity index (χ1n) is 6.39. The van der Waals surface area contributed by atoms with Gasteiger partial charge in [-0.05, 0) is 24.0 Å². The largest absolute Gasteiger partial charge is 0.333 e. The molecule has 1 aliphatic rings. The Balaban J connectivity index is 2.24. The Hall–Kier alpha value is 0.1000. The molecular formula is C14H17BrCl2N2S. The lowest BCUT2D eigenvalue weighted by atomic mass is 9.85. The normalized spacial score (nSPS) is 19.7. The number of aliphatic imine (C=N–C) groups is 1. The van der Waals surface area contributed by atoms with E-state index in [9.17, 15) is 0 Å². The summed E-state index contributed by atoms with van der Waals surface area (Å²) in [7, 11) is 0. The third-order valence-corrected chi connectivity index (χ3v) is 5.12. The van der Waals surface area contributed by atoms with E-state index in [0.29, 0.717) is 16.1 Å². The van der Waals surface area contributed by atoms with Gasteiger partial charge < -0.3 is 5.32 Å². The lowest BCUT2D eigenvalue weighted by Gasteiger charge is -2.31. The van der Waals surface area contributed by atoms with Crippen molar-refractivity contribution in [2.75, 3.05) is 11.1 Å². The third-order valence-electron chi connectivity index (χ3n) is 3.14. The highest BCUT2D eigenvalue weighted by molar-refractivity contribution is 9.10. The highest BCUT2D eigenvalue weighted by Gasteiger charge is 2.27. The van der Waals surface area contributed by atoms with Crippen LogP contribution in [0.25, 0.3) is 0 Å². The molecule has 1 aromatic rings. The van der Waals surface area contributed by atoms with Gasteiger partial charge in [-0.25, -0.2) is 0 Å². The maximum Gasteiger partial charge on any atom is 0.161 e. The highest BCUT2D eigenvalue weighted by Crippen LogP contribution is 2.36. The Morgan fingerprint density at radius 2 is 1.90 bits per heavy atom. The van der Waals surface area contributed by atoms with E-state index in [0.717, 1.165) is 27.5 Å². The van der Waals surface area contributed by atoms with Crippen molar-refractivity contribution in [1.82, 2.24) is 0 Å². The van der Waals surface area contributed by atoms with Gasteiger partial charge in [-0.15, -0.1) is 0 Å². The topological polar surface area (TPSA) is 24.4 Å². The second-order valence-electron chi connectivity index (χ2n) is 5.82. The zero-order valence-electron chi connectivity index (χ0n) is 11.6. The van der Waals surface area contributed by atoms with E-state index in [4.69, 9.17) is 28.2 Å². The number of hydrogen-bond donors (Lipinski definition) is 1. The van der Waals surface area contributed by atoms with Crippen LogP contribution in [0.1, 0.15) is 27.2 Å². The highest BCUT2D eigenvalue weighted by atomic mass is 79.9. The van der Waals surface area contributed by atoms with Gasteiger partial charge in [-0.1, -0.05) is 71.7 Å². The predicted octanol–water partition coefficient (Wildman–Crippen LogP) is 6.08. The quantitative estimate of drug-likeness (QED) is 0.623. The van der Waals surface area contributed by atoms with Gasteiger partial charge in [0, 0.05) is 10.2 Å². The summed E-state index contributed by atoms with van der Waals surface area (Å²) in [5.41, 5.74) is 0.888. The second-order valence-corrected chi connectivity index (χ2v) is 8.64. The molecule has 110 valence electrons. The Kier molecular flexibility index (Phi) is 5.33. The molecule has 0 radical (unpaired) electrons. The molecule has 20 heavy (non-hydrogen) atoms. The van der Waals surface area contributed by atoms with Crippen molar-refractivity contribution in [3.63, 3.8) is 0 Å². The number of nitrogens with zero attached hydrogens (tertiary/aromatic N) is 1. The van der Waals surface area contributed by atoms with E-state index < -0.39 is 0 Å². The van der Waals surface area contributed by atoms with E-state index in [-0.39, 0.29) is 5.41 Å². The van der Waals surface area contributed by atoms with Gasteiger partial charge in [-0.2, -0.15) is 0 Å². The predicted molar refractivity (Wildman–Crippen MR) is 95.5 cm³/mol. The zero-order valence-corrected chi connectivity index (χ0v) is 15.5. The zero-order chi connectivity index (χ0) is 14.9. The van der Waals surface area contributed by atoms with Crippen molar-refractivity contribution in [3.05, 3.63) is 26.7 Å². The van der Waals surface area contributed by atoms with Crippen LogP contribution in [0.3, 0.4) is 0 Å². The van der Waals surface area contributed by atoms with Crippen LogP contribution in [0.4, 0.5) is 5.69 Å². The SMILES string of the molecule is CC(C)(C)C1CCSC(Nc2c(Cl)cc(Br)cc2Cl)=N1. The van der Waals surface area contributed by atoms with Gasteiger partial charge >= 0.3 is 0 Å². The van der Waals surface area contributed by atoms with Crippen LogP contribution in [-0.4, -0.2) is 17.0 Å². The summed E-state index contributed by atoms with van der Waals surface area (Å²) in [6, 6.07) is 3.97. The number of rotatable bonds is 1. The molecule has 1 N–H and O–H groups in total. The molecule has 0 spiro atoms. The Morgan fingerprint density at radius 3 is 2.45 bits per heavy atom. The minimum Gasteiger partial charge on any atom is -0.333 e. The van der Waals surface area contributed by atoms with Crippen molar-refractivity contribution < 1.29 is 0 Å². The van der Waals surface area contributed by atoms with E-state index in [1.807, 2.05) is 12.1 Å². The summed E-state index contributed by atoms with van der Waals surface area (Å²) in [5.74, 6) is 1.06.